The van der Waals surface area contributed by atoms with Crippen molar-refractivity contribution in [2.75, 3.05) is 19.0 Å². The van der Waals surface area contributed by atoms with Crippen LogP contribution in [0.4, 0.5) is 5.82 Å². The number of anilines is 1. The summed E-state index contributed by atoms with van der Waals surface area (Å²) in [5.41, 5.74) is -0.414. The summed E-state index contributed by atoms with van der Waals surface area (Å²) in [5.74, 6) is 3.70. The molecule has 4 aliphatic rings. The zero-order chi connectivity index (χ0) is 23.2. The SMILES string of the molecule is COC[C@@]1(O)CCC2[C@H](CC[C@@H]3[C@@H]2CC[C@]2(C)[C@@H](C(=O)Nc4cncc(C#N)n4)CC[C@@H]32)C1. The first-order valence-electron chi connectivity index (χ1n) is 12.6. The molecule has 4 aliphatic carbocycles. The van der Waals surface area contributed by atoms with Crippen LogP contribution >= 0.6 is 0 Å². The third kappa shape index (κ3) is 3.95. The Kier molecular flexibility index (Phi) is 5.95. The molecule has 0 aromatic carbocycles. The Balaban J connectivity index is 1.28. The van der Waals surface area contributed by atoms with E-state index in [4.69, 9.17) is 10.00 Å². The van der Waals surface area contributed by atoms with E-state index in [0.29, 0.717) is 36.1 Å². The van der Waals surface area contributed by atoms with Crippen LogP contribution in [-0.4, -0.2) is 40.3 Å². The summed E-state index contributed by atoms with van der Waals surface area (Å²) >= 11 is 0. The summed E-state index contributed by atoms with van der Waals surface area (Å²) in [6, 6.07) is 1.98. The first-order chi connectivity index (χ1) is 15.9. The van der Waals surface area contributed by atoms with Crippen molar-refractivity contribution in [2.45, 2.75) is 70.3 Å². The standard InChI is InChI=1S/C26H36N4O3/c1-25-9-7-19-18-8-10-26(32,15-33-2)11-16(18)3-4-20(19)21(25)5-6-22(25)24(31)30-23-14-28-13-17(12-27)29-23/h13-14,16,18-22,32H,3-11,15H2,1-2H3,(H,29,30,31)/t16-,18?,19-,20-,21+,22-,25+,26-/m1/s1. The Hall–Kier alpha value is -2.04. The minimum atomic E-state index is -0.645. The second kappa shape index (κ2) is 8.63. The molecule has 2 N–H and O–H groups in total. The van der Waals surface area contributed by atoms with Crippen molar-refractivity contribution in [1.82, 2.24) is 9.97 Å². The zero-order valence-corrected chi connectivity index (χ0v) is 19.8. The summed E-state index contributed by atoms with van der Waals surface area (Å²) < 4.78 is 5.32. The van der Waals surface area contributed by atoms with Crippen LogP contribution in [0.15, 0.2) is 12.4 Å². The number of amides is 1. The highest BCUT2D eigenvalue weighted by atomic mass is 16.5. The fourth-order valence-corrected chi connectivity index (χ4v) is 8.49. The molecule has 1 heterocycles. The lowest BCUT2D eigenvalue weighted by atomic mass is 9.49. The van der Waals surface area contributed by atoms with Gasteiger partial charge < -0.3 is 15.2 Å². The van der Waals surface area contributed by atoms with Crippen LogP contribution in [0.1, 0.15) is 70.4 Å². The molecule has 0 aliphatic heterocycles. The Morgan fingerprint density at radius 2 is 2.00 bits per heavy atom. The maximum Gasteiger partial charge on any atom is 0.229 e. The Morgan fingerprint density at radius 3 is 2.79 bits per heavy atom. The van der Waals surface area contributed by atoms with Crippen LogP contribution < -0.4 is 5.32 Å². The van der Waals surface area contributed by atoms with Gasteiger partial charge in [-0.15, -0.1) is 0 Å². The van der Waals surface area contributed by atoms with E-state index in [-0.39, 0.29) is 22.9 Å². The summed E-state index contributed by atoms with van der Waals surface area (Å²) in [6.45, 7) is 2.79. The molecule has 0 radical (unpaired) electrons. The molecule has 33 heavy (non-hydrogen) atoms. The maximum atomic E-state index is 13.3. The zero-order valence-electron chi connectivity index (χ0n) is 19.8. The largest absolute Gasteiger partial charge is 0.387 e. The van der Waals surface area contributed by atoms with Crippen LogP contribution in [-0.2, 0) is 9.53 Å². The van der Waals surface area contributed by atoms with Crippen molar-refractivity contribution < 1.29 is 14.6 Å². The van der Waals surface area contributed by atoms with Crippen LogP contribution in [0.2, 0.25) is 0 Å². The smallest absolute Gasteiger partial charge is 0.229 e. The molecule has 5 rings (SSSR count). The Morgan fingerprint density at radius 1 is 1.18 bits per heavy atom. The highest BCUT2D eigenvalue weighted by Gasteiger charge is 2.59. The second-order valence-corrected chi connectivity index (χ2v) is 11.4. The molecule has 0 bridgehead atoms. The van der Waals surface area contributed by atoms with Gasteiger partial charge in [0.1, 0.15) is 6.07 Å². The van der Waals surface area contributed by atoms with Gasteiger partial charge in [-0.3, -0.25) is 9.78 Å². The van der Waals surface area contributed by atoms with E-state index >= 15 is 0 Å². The molecule has 178 valence electrons. The van der Waals surface area contributed by atoms with E-state index in [1.54, 1.807) is 7.11 Å². The van der Waals surface area contributed by atoms with Crippen molar-refractivity contribution in [2.24, 2.45) is 40.9 Å². The van der Waals surface area contributed by atoms with Crippen molar-refractivity contribution in [3.8, 4) is 6.07 Å². The van der Waals surface area contributed by atoms with E-state index in [2.05, 4.69) is 22.2 Å². The fourth-order valence-electron chi connectivity index (χ4n) is 8.49. The van der Waals surface area contributed by atoms with Gasteiger partial charge >= 0.3 is 0 Å². The molecule has 0 saturated heterocycles. The van der Waals surface area contributed by atoms with Gasteiger partial charge in [0, 0.05) is 13.0 Å². The summed E-state index contributed by atoms with van der Waals surface area (Å²) in [6.07, 6.45) is 12.5. The topological polar surface area (TPSA) is 108 Å². The van der Waals surface area contributed by atoms with Gasteiger partial charge in [-0.05, 0) is 92.8 Å². The number of nitrogens with one attached hydrogen (secondary N) is 1. The Bertz CT molecular complexity index is 948. The van der Waals surface area contributed by atoms with Gasteiger partial charge in [-0.2, -0.15) is 5.26 Å². The predicted octanol–water partition coefficient (Wildman–Crippen LogP) is 3.93. The number of ether oxygens (including phenoxy) is 1. The molecule has 7 heteroatoms. The first kappa shape index (κ1) is 22.7. The third-order valence-corrected chi connectivity index (χ3v) is 9.83. The van der Waals surface area contributed by atoms with Gasteiger partial charge in [0.05, 0.1) is 24.6 Å². The molecule has 1 unspecified atom stereocenters. The fraction of sp³-hybridized carbons (Fsp3) is 0.769. The highest BCUT2D eigenvalue weighted by molar-refractivity contribution is 5.92. The molecule has 0 spiro atoms. The van der Waals surface area contributed by atoms with Crippen molar-refractivity contribution in [1.29, 1.82) is 5.26 Å². The number of nitrogens with zero attached hydrogens (tertiary/aromatic N) is 3. The molecule has 1 aromatic heterocycles. The lowest BCUT2D eigenvalue weighted by molar-refractivity contribution is -0.134. The average Bonchev–Trinajstić information content (AvgIpc) is 3.16. The van der Waals surface area contributed by atoms with Crippen LogP contribution in [0.25, 0.3) is 0 Å². The van der Waals surface area contributed by atoms with Gasteiger partial charge in [0.15, 0.2) is 11.5 Å². The van der Waals surface area contributed by atoms with E-state index in [1.807, 2.05) is 6.07 Å². The third-order valence-electron chi connectivity index (χ3n) is 9.83. The number of hydrogen-bond acceptors (Lipinski definition) is 6. The van der Waals surface area contributed by atoms with Crippen molar-refractivity contribution in [3.63, 3.8) is 0 Å². The number of aromatic nitrogens is 2. The van der Waals surface area contributed by atoms with Crippen LogP contribution in [0, 0.1) is 52.3 Å². The quantitative estimate of drug-likeness (QED) is 0.716. The molecular formula is C26H36N4O3. The molecule has 8 atom stereocenters. The molecule has 1 aromatic rings. The summed E-state index contributed by atoms with van der Waals surface area (Å²) in [5, 5.41) is 23.0. The van der Waals surface area contributed by atoms with Gasteiger partial charge in [-0.25, -0.2) is 4.98 Å². The lowest BCUT2D eigenvalue weighted by Gasteiger charge is -2.57. The predicted molar refractivity (Wildman–Crippen MR) is 123 cm³/mol. The van der Waals surface area contributed by atoms with Gasteiger partial charge in [-0.1, -0.05) is 6.92 Å². The normalized spacial score (nSPS) is 41.9. The first-order valence-corrected chi connectivity index (χ1v) is 12.6. The number of nitriles is 1. The molecule has 4 saturated carbocycles. The summed E-state index contributed by atoms with van der Waals surface area (Å²) in [7, 11) is 1.68. The number of hydrogen-bond donors (Lipinski definition) is 2. The van der Waals surface area contributed by atoms with E-state index in [9.17, 15) is 9.90 Å². The highest BCUT2D eigenvalue weighted by Crippen LogP contribution is 2.64. The molecular weight excluding hydrogens is 416 g/mol. The van der Waals surface area contributed by atoms with Gasteiger partial charge in [0.2, 0.25) is 5.91 Å². The van der Waals surface area contributed by atoms with Crippen LogP contribution in [0.3, 0.4) is 0 Å². The average molecular weight is 453 g/mol. The minimum absolute atomic E-state index is 0.0177. The maximum absolute atomic E-state index is 13.3. The minimum Gasteiger partial charge on any atom is -0.387 e. The monoisotopic (exact) mass is 452 g/mol. The van der Waals surface area contributed by atoms with Gasteiger partial charge in [0.25, 0.3) is 0 Å². The number of fused-ring (bicyclic) bond motifs is 5. The molecule has 1 amide bonds. The number of methoxy groups -OCH3 is 1. The van der Waals surface area contributed by atoms with Crippen molar-refractivity contribution >= 4 is 11.7 Å². The van der Waals surface area contributed by atoms with E-state index in [0.717, 1.165) is 44.4 Å². The van der Waals surface area contributed by atoms with Crippen molar-refractivity contribution in [3.05, 3.63) is 18.1 Å². The van der Waals surface area contributed by atoms with E-state index < -0.39 is 5.60 Å². The Labute approximate surface area is 196 Å². The van der Waals surface area contributed by atoms with Crippen LogP contribution in [0.5, 0.6) is 0 Å². The number of carbonyl (C=O) groups is 1. The number of rotatable bonds is 4. The van der Waals surface area contributed by atoms with E-state index in [1.165, 1.54) is 31.7 Å². The number of carbonyl (C=O) groups excluding carboxylic acids is 1. The molecule has 4 fully saturated rings. The number of aliphatic hydroxyl groups is 1. The lowest BCUT2D eigenvalue weighted by Crippen LogP contribution is -2.52. The summed E-state index contributed by atoms with van der Waals surface area (Å²) in [4.78, 5) is 21.5. The second-order valence-electron chi connectivity index (χ2n) is 11.4. The molecule has 7 nitrogen and oxygen atoms in total.